The molecule has 2 atom stereocenters. The van der Waals surface area contributed by atoms with Crippen LogP contribution in [-0.2, 0) is 4.74 Å². The summed E-state index contributed by atoms with van der Waals surface area (Å²) in [6.45, 7) is 7.62. The van der Waals surface area contributed by atoms with Crippen molar-refractivity contribution in [1.29, 1.82) is 0 Å². The molecule has 2 heteroatoms. The average molecular weight is 229 g/mol. The van der Waals surface area contributed by atoms with Crippen LogP contribution in [-0.4, -0.2) is 25.8 Å². The first-order valence-corrected chi connectivity index (χ1v) is 7.02. The lowest BCUT2D eigenvalue weighted by atomic mass is 10.0. The van der Waals surface area contributed by atoms with E-state index in [1.165, 1.54) is 44.9 Å². The molecule has 0 bridgehead atoms. The molecule has 0 aromatic heterocycles. The lowest BCUT2D eigenvalue weighted by Crippen LogP contribution is -2.39. The Morgan fingerprint density at radius 1 is 1.00 bits per heavy atom. The van der Waals surface area contributed by atoms with Gasteiger partial charge < -0.3 is 10.1 Å². The number of nitrogens with one attached hydrogen (secondary N) is 1. The van der Waals surface area contributed by atoms with E-state index < -0.39 is 0 Å². The van der Waals surface area contributed by atoms with Crippen LogP contribution in [0.2, 0.25) is 0 Å². The maximum atomic E-state index is 5.40. The van der Waals surface area contributed by atoms with E-state index in [4.69, 9.17) is 4.74 Å². The highest BCUT2D eigenvalue weighted by Gasteiger charge is 2.14. The molecular formula is C14H31NO. The fourth-order valence-corrected chi connectivity index (χ4v) is 2.07. The second-order valence-corrected chi connectivity index (χ2v) is 4.66. The van der Waals surface area contributed by atoms with Crippen molar-refractivity contribution >= 4 is 0 Å². The normalized spacial score (nSPS) is 15.0. The van der Waals surface area contributed by atoms with Crippen molar-refractivity contribution in [2.24, 2.45) is 0 Å². The van der Waals surface area contributed by atoms with Gasteiger partial charge in [-0.1, -0.05) is 52.4 Å². The Balaban J connectivity index is 3.52. The molecule has 16 heavy (non-hydrogen) atoms. The number of hydrogen-bond acceptors (Lipinski definition) is 2. The van der Waals surface area contributed by atoms with Crippen LogP contribution in [0, 0.1) is 0 Å². The first-order chi connectivity index (χ1) is 7.76. The van der Waals surface area contributed by atoms with Crippen molar-refractivity contribution in [1.82, 2.24) is 5.32 Å². The molecule has 0 aliphatic heterocycles. The molecule has 1 N–H and O–H groups in total. The standard InChI is InChI=1S/C14H31NO/c1-5-7-8-9-10-11-12-14(15-6-2)13(3)16-4/h13-15H,5-12H2,1-4H3. The van der Waals surface area contributed by atoms with E-state index in [-0.39, 0.29) is 0 Å². The molecule has 0 aromatic rings. The van der Waals surface area contributed by atoms with Crippen LogP contribution in [0.25, 0.3) is 0 Å². The fourth-order valence-electron chi connectivity index (χ4n) is 2.07. The molecule has 2 nitrogen and oxygen atoms in total. The number of ether oxygens (including phenoxy) is 1. The fraction of sp³-hybridized carbons (Fsp3) is 1.00. The van der Waals surface area contributed by atoms with E-state index in [0.717, 1.165) is 6.54 Å². The average Bonchev–Trinajstić information content (AvgIpc) is 2.31. The lowest BCUT2D eigenvalue weighted by molar-refractivity contribution is 0.0796. The Morgan fingerprint density at radius 2 is 1.62 bits per heavy atom. The van der Waals surface area contributed by atoms with Crippen LogP contribution < -0.4 is 5.32 Å². The molecule has 0 aliphatic rings. The molecule has 98 valence electrons. The predicted octanol–water partition coefficient (Wildman–Crippen LogP) is 3.75. The summed E-state index contributed by atoms with van der Waals surface area (Å²) in [5, 5.41) is 3.51. The number of hydrogen-bond donors (Lipinski definition) is 1. The van der Waals surface area contributed by atoms with Gasteiger partial charge in [0.25, 0.3) is 0 Å². The molecule has 0 spiro atoms. The minimum absolute atomic E-state index is 0.329. The third kappa shape index (κ3) is 8.12. The smallest absolute Gasteiger partial charge is 0.0696 e. The highest BCUT2D eigenvalue weighted by Crippen LogP contribution is 2.11. The summed E-state index contributed by atoms with van der Waals surface area (Å²) < 4.78 is 5.40. The zero-order chi connectivity index (χ0) is 12.2. The van der Waals surface area contributed by atoms with Gasteiger partial charge in [-0.2, -0.15) is 0 Å². The molecule has 0 amide bonds. The van der Waals surface area contributed by atoms with Gasteiger partial charge in [0.2, 0.25) is 0 Å². The first-order valence-electron chi connectivity index (χ1n) is 7.02. The summed E-state index contributed by atoms with van der Waals surface area (Å²) in [6.07, 6.45) is 9.81. The molecule has 0 aromatic carbocycles. The minimum atomic E-state index is 0.329. The van der Waals surface area contributed by atoms with Gasteiger partial charge in [0, 0.05) is 13.2 Å². The summed E-state index contributed by atoms with van der Waals surface area (Å²) in [4.78, 5) is 0. The zero-order valence-corrected chi connectivity index (χ0v) is 11.7. The largest absolute Gasteiger partial charge is 0.380 e. The highest BCUT2D eigenvalue weighted by molar-refractivity contribution is 4.72. The van der Waals surface area contributed by atoms with Crippen molar-refractivity contribution in [2.45, 2.75) is 77.9 Å². The van der Waals surface area contributed by atoms with Crippen LogP contribution in [0.3, 0.4) is 0 Å². The number of unbranched alkanes of at least 4 members (excludes halogenated alkanes) is 5. The van der Waals surface area contributed by atoms with Gasteiger partial charge in [-0.3, -0.25) is 0 Å². The molecule has 0 saturated heterocycles. The van der Waals surface area contributed by atoms with E-state index in [9.17, 15) is 0 Å². The van der Waals surface area contributed by atoms with E-state index >= 15 is 0 Å². The van der Waals surface area contributed by atoms with E-state index in [1.54, 1.807) is 7.11 Å². The Bertz CT molecular complexity index is 139. The maximum Gasteiger partial charge on any atom is 0.0696 e. The number of likely N-dealkylation sites (N-methyl/N-ethyl adjacent to an activating group) is 1. The maximum absolute atomic E-state index is 5.40. The van der Waals surface area contributed by atoms with Gasteiger partial charge in [-0.05, 0) is 19.9 Å². The SMILES string of the molecule is CCCCCCCCC(NCC)C(C)OC. The molecule has 2 unspecified atom stereocenters. The van der Waals surface area contributed by atoms with Crippen molar-refractivity contribution in [3.8, 4) is 0 Å². The van der Waals surface area contributed by atoms with Crippen LogP contribution in [0.5, 0.6) is 0 Å². The highest BCUT2D eigenvalue weighted by atomic mass is 16.5. The van der Waals surface area contributed by atoms with E-state index in [1.807, 2.05) is 0 Å². The summed E-state index contributed by atoms with van der Waals surface area (Å²) in [5.74, 6) is 0. The molecule has 0 saturated carbocycles. The lowest BCUT2D eigenvalue weighted by Gasteiger charge is -2.23. The molecule has 0 rings (SSSR count). The van der Waals surface area contributed by atoms with Gasteiger partial charge in [-0.15, -0.1) is 0 Å². The van der Waals surface area contributed by atoms with Crippen LogP contribution in [0.1, 0.15) is 65.7 Å². The van der Waals surface area contributed by atoms with Gasteiger partial charge in [0.1, 0.15) is 0 Å². The Kier molecular flexibility index (Phi) is 11.3. The van der Waals surface area contributed by atoms with Crippen LogP contribution >= 0.6 is 0 Å². The summed E-state index contributed by atoms with van der Waals surface area (Å²) in [6, 6.07) is 0.529. The Hall–Kier alpha value is -0.0800. The molecule has 0 fully saturated rings. The van der Waals surface area contributed by atoms with E-state index in [2.05, 4.69) is 26.1 Å². The predicted molar refractivity (Wildman–Crippen MR) is 71.9 cm³/mol. The monoisotopic (exact) mass is 229 g/mol. The summed E-state index contributed by atoms with van der Waals surface area (Å²) in [7, 11) is 1.80. The topological polar surface area (TPSA) is 21.3 Å². The van der Waals surface area contributed by atoms with Crippen LogP contribution in [0.4, 0.5) is 0 Å². The van der Waals surface area contributed by atoms with Crippen molar-refractivity contribution in [3.63, 3.8) is 0 Å². The quantitative estimate of drug-likeness (QED) is 0.545. The number of methoxy groups -OCH3 is 1. The minimum Gasteiger partial charge on any atom is -0.380 e. The third-order valence-corrected chi connectivity index (χ3v) is 3.27. The Morgan fingerprint density at radius 3 is 2.19 bits per heavy atom. The number of rotatable bonds is 11. The Labute approximate surface area is 102 Å². The summed E-state index contributed by atoms with van der Waals surface area (Å²) >= 11 is 0. The van der Waals surface area contributed by atoms with Crippen molar-refractivity contribution < 1.29 is 4.74 Å². The molecule has 0 radical (unpaired) electrons. The molecular weight excluding hydrogens is 198 g/mol. The summed E-state index contributed by atoms with van der Waals surface area (Å²) in [5.41, 5.74) is 0. The van der Waals surface area contributed by atoms with Crippen molar-refractivity contribution in [2.75, 3.05) is 13.7 Å². The van der Waals surface area contributed by atoms with Gasteiger partial charge in [-0.25, -0.2) is 0 Å². The zero-order valence-electron chi connectivity index (χ0n) is 11.7. The second-order valence-electron chi connectivity index (χ2n) is 4.66. The van der Waals surface area contributed by atoms with Gasteiger partial charge in [0.15, 0.2) is 0 Å². The first kappa shape index (κ1) is 15.9. The van der Waals surface area contributed by atoms with E-state index in [0.29, 0.717) is 12.1 Å². The third-order valence-electron chi connectivity index (χ3n) is 3.27. The van der Waals surface area contributed by atoms with Gasteiger partial charge in [0.05, 0.1) is 6.10 Å². The second kappa shape index (κ2) is 11.4. The van der Waals surface area contributed by atoms with Crippen molar-refractivity contribution in [3.05, 3.63) is 0 Å². The van der Waals surface area contributed by atoms with Gasteiger partial charge >= 0.3 is 0 Å². The molecule has 0 aliphatic carbocycles. The van der Waals surface area contributed by atoms with Crippen LogP contribution in [0.15, 0.2) is 0 Å². The molecule has 0 heterocycles.